The monoisotopic (exact) mass is 334 g/mol. The lowest BCUT2D eigenvalue weighted by Gasteiger charge is -2.15. The van der Waals surface area contributed by atoms with Crippen molar-refractivity contribution < 1.29 is 9.53 Å². The second kappa shape index (κ2) is 8.33. The van der Waals surface area contributed by atoms with Gasteiger partial charge in [-0.3, -0.25) is 14.6 Å². The standard InChI is InChI=1S/C15H18N4O3S/c1-10-6-13(20)19-15(18-10)23-9-14(21)17-7-11(2)22-12-4-3-5-16-8-12/h3-6,8,11H,7,9H2,1-2H3,(H,17,21)(H,18,19,20)/t11-/m1/s1. The zero-order valence-corrected chi connectivity index (χ0v) is 13.7. The summed E-state index contributed by atoms with van der Waals surface area (Å²) in [6.07, 6.45) is 3.11. The molecule has 0 unspecified atom stereocenters. The average molecular weight is 334 g/mol. The molecule has 0 aromatic carbocycles. The molecule has 0 radical (unpaired) electrons. The highest BCUT2D eigenvalue weighted by atomic mass is 32.2. The van der Waals surface area contributed by atoms with Gasteiger partial charge in [0.15, 0.2) is 5.16 Å². The van der Waals surface area contributed by atoms with Gasteiger partial charge in [-0.2, -0.15) is 0 Å². The van der Waals surface area contributed by atoms with Crippen molar-refractivity contribution in [2.45, 2.75) is 25.1 Å². The molecule has 2 rings (SSSR count). The molecule has 0 aliphatic rings. The SMILES string of the molecule is Cc1cc(=O)[nH]c(SCC(=O)NC[C@@H](C)Oc2cccnc2)n1. The Morgan fingerprint density at radius 1 is 1.52 bits per heavy atom. The lowest BCUT2D eigenvalue weighted by molar-refractivity contribution is -0.118. The van der Waals surface area contributed by atoms with Crippen LogP contribution in [0.2, 0.25) is 0 Å². The molecule has 2 heterocycles. The molecule has 0 bridgehead atoms. The number of amides is 1. The van der Waals surface area contributed by atoms with Crippen LogP contribution in [0.25, 0.3) is 0 Å². The van der Waals surface area contributed by atoms with Gasteiger partial charge in [0.05, 0.1) is 18.5 Å². The fourth-order valence-electron chi connectivity index (χ4n) is 1.75. The van der Waals surface area contributed by atoms with Crippen LogP contribution >= 0.6 is 11.8 Å². The zero-order valence-electron chi connectivity index (χ0n) is 12.9. The predicted molar refractivity (Wildman–Crippen MR) is 87.7 cm³/mol. The number of nitrogens with one attached hydrogen (secondary N) is 2. The minimum absolute atomic E-state index is 0.152. The van der Waals surface area contributed by atoms with Crippen LogP contribution in [0.1, 0.15) is 12.6 Å². The minimum atomic E-state index is -0.223. The van der Waals surface area contributed by atoms with E-state index in [-0.39, 0.29) is 23.3 Å². The molecule has 1 amide bonds. The van der Waals surface area contributed by atoms with Crippen LogP contribution in [-0.4, -0.2) is 39.3 Å². The van der Waals surface area contributed by atoms with Gasteiger partial charge in [0.25, 0.3) is 5.56 Å². The fourth-order valence-corrected chi connectivity index (χ4v) is 2.50. The molecule has 23 heavy (non-hydrogen) atoms. The molecular weight excluding hydrogens is 316 g/mol. The van der Waals surface area contributed by atoms with Crippen LogP contribution in [-0.2, 0) is 4.79 Å². The Balaban J connectivity index is 1.73. The number of aromatic nitrogens is 3. The van der Waals surface area contributed by atoms with Gasteiger partial charge < -0.3 is 15.0 Å². The van der Waals surface area contributed by atoms with E-state index >= 15 is 0 Å². The average Bonchev–Trinajstić information content (AvgIpc) is 2.51. The molecular formula is C15H18N4O3S. The van der Waals surface area contributed by atoms with Crippen molar-refractivity contribution in [2.24, 2.45) is 0 Å². The fraction of sp³-hybridized carbons (Fsp3) is 0.333. The van der Waals surface area contributed by atoms with Gasteiger partial charge in [-0.05, 0) is 26.0 Å². The highest BCUT2D eigenvalue weighted by Crippen LogP contribution is 2.11. The lowest BCUT2D eigenvalue weighted by atomic mass is 10.4. The number of carbonyl (C=O) groups excluding carboxylic acids is 1. The molecule has 122 valence electrons. The van der Waals surface area contributed by atoms with Crippen LogP contribution in [0.5, 0.6) is 5.75 Å². The second-order valence-corrected chi connectivity index (χ2v) is 5.87. The molecule has 7 nitrogen and oxygen atoms in total. The van der Waals surface area contributed by atoms with E-state index < -0.39 is 0 Å². The van der Waals surface area contributed by atoms with Gasteiger partial charge in [-0.25, -0.2) is 4.98 Å². The summed E-state index contributed by atoms with van der Waals surface area (Å²) in [4.78, 5) is 33.8. The van der Waals surface area contributed by atoms with Crippen LogP contribution in [0.15, 0.2) is 40.5 Å². The van der Waals surface area contributed by atoms with Crippen molar-refractivity contribution in [1.29, 1.82) is 0 Å². The number of aromatic amines is 1. The summed E-state index contributed by atoms with van der Waals surface area (Å²) in [6.45, 7) is 3.98. The number of ether oxygens (including phenoxy) is 1. The number of hydrogen-bond acceptors (Lipinski definition) is 6. The summed E-state index contributed by atoms with van der Waals surface area (Å²) in [5.74, 6) is 0.678. The van der Waals surface area contributed by atoms with Gasteiger partial charge in [-0.15, -0.1) is 0 Å². The topological polar surface area (TPSA) is 97.0 Å². The highest BCUT2D eigenvalue weighted by Gasteiger charge is 2.09. The molecule has 2 aromatic heterocycles. The quantitative estimate of drug-likeness (QED) is 0.582. The third-order valence-electron chi connectivity index (χ3n) is 2.75. The summed E-state index contributed by atoms with van der Waals surface area (Å²) >= 11 is 1.18. The van der Waals surface area contributed by atoms with Gasteiger partial charge >= 0.3 is 0 Å². The lowest BCUT2D eigenvalue weighted by Crippen LogP contribution is -2.34. The molecule has 0 spiro atoms. The second-order valence-electron chi connectivity index (χ2n) is 4.90. The van der Waals surface area contributed by atoms with Crippen LogP contribution < -0.4 is 15.6 Å². The van der Waals surface area contributed by atoms with E-state index in [4.69, 9.17) is 4.74 Å². The first-order chi connectivity index (χ1) is 11.0. The number of rotatable bonds is 7. The number of hydrogen-bond donors (Lipinski definition) is 2. The number of pyridine rings is 1. The Labute approximate surface area is 137 Å². The first-order valence-electron chi connectivity index (χ1n) is 7.07. The van der Waals surface area contributed by atoms with Gasteiger partial charge in [0.1, 0.15) is 11.9 Å². The molecule has 2 N–H and O–H groups in total. The van der Waals surface area contributed by atoms with Gasteiger partial charge in [0, 0.05) is 18.0 Å². The summed E-state index contributed by atoms with van der Waals surface area (Å²) in [5, 5.41) is 3.21. The van der Waals surface area contributed by atoms with E-state index in [1.54, 1.807) is 31.5 Å². The summed E-state index contributed by atoms with van der Waals surface area (Å²) in [5.41, 5.74) is 0.397. The molecule has 8 heteroatoms. The molecule has 0 saturated heterocycles. The molecule has 2 aromatic rings. The molecule has 0 aliphatic carbocycles. The first-order valence-corrected chi connectivity index (χ1v) is 8.05. The van der Waals surface area contributed by atoms with Gasteiger partial charge in [-0.1, -0.05) is 11.8 Å². The van der Waals surface area contributed by atoms with E-state index in [0.29, 0.717) is 23.1 Å². The third-order valence-corrected chi connectivity index (χ3v) is 3.62. The molecule has 1 atom stereocenters. The van der Waals surface area contributed by atoms with Crippen molar-refractivity contribution in [3.05, 3.63) is 46.6 Å². The van der Waals surface area contributed by atoms with Crippen molar-refractivity contribution in [1.82, 2.24) is 20.3 Å². The van der Waals surface area contributed by atoms with Crippen LogP contribution in [0.3, 0.4) is 0 Å². The number of carbonyl (C=O) groups is 1. The normalized spacial score (nSPS) is 11.7. The predicted octanol–water partition coefficient (Wildman–Crippen LogP) is 1.15. The first kappa shape index (κ1) is 17.0. The van der Waals surface area contributed by atoms with Gasteiger partial charge in [0.2, 0.25) is 5.91 Å². The highest BCUT2D eigenvalue weighted by molar-refractivity contribution is 7.99. The van der Waals surface area contributed by atoms with Crippen LogP contribution in [0, 0.1) is 6.92 Å². The third kappa shape index (κ3) is 6.11. The Bertz CT molecular complexity index is 705. The maximum atomic E-state index is 11.8. The van der Waals surface area contributed by atoms with Crippen molar-refractivity contribution in [3.63, 3.8) is 0 Å². The summed E-state index contributed by atoms with van der Waals surface area (Å²) in [7, 11) is 0. The smallest absolute Gasteiger partial charge is 0.251 e. The molecule has 0 fully saturated rings. The number of H-pyrrole nitrogens is 1. The van der Waals surface area contributed by atoms with E-state index in [9.17, 15) is 9.59 Å². The molecule has 0 saturated carbocycles. The van der Waals surface area contributed by atoms with E-state index in [0.717, 1.165) is 0 Å². The number of aryl methyl sites for hydroxylation is 1. The molecule has 0 aliphatic heterocycles. The summed E-state index contributed by atoms with van der Waals surface area (Å²) < 4.78 is 5.62. The van der Waals surface area contributed by atoms with Crippen molar-refractivity contribution in [2.75, 3.05) is 12.3 Å². The maximum Gasteiger partial charge on any atom is 0.251 e. The van der Waals surface area contributed by atoms with Crippen molar-refractivity contribution >= 4 is 17.7 Å². The van der Waals surface area contributed by atoms with E-state index in [2.05, 4.69) is 20.3 Å². The zero-order chi connectivity index (χ0) is 16.7. The number of thioether (sulfide) groups is 1. The number of nitrogens with zero attached hydrogens (tertiary/aromatic N) is 2. The Morgan fingerprint density at radius 2 is 2.35 bits per heavy atom. The Morgan fingerprint density at radius 3 is 3.04 bits per heavy atom. The largest absolute Gasteiger partial charge is 0.487 e. The van der Waals surface area contributed by atoms with E-state index in [1.165, 1.54) is 17.8 Å². The minimum Gasteiger partial charge on any atom is -0.487 e. The Hall–Kier alpha value is -2.35. The van der Waals surface area contributed by atoms with E-state index in [1.807, 2.05) is 6.92 Å². The summed E-state index contributed by atoms with van der Waals surface area (Å²) in [6, 6.07) is 5.00. The van der Waals surface area contributed by atoms with Crippen molar-refractivity contribution in [3.8, 4) is 5.75 Å². The van der Waals surface area contributed by atoms with Crippen LogP contribution in [0.4, 0.5) is 0 Å². The Kier molecular flexibility index (Phi) is 6.16. The maximum absolute atomic E-state index is 11.8.